The number of rotatable bonds is 4. The van der Waals surface area contributed by atoms with Crippen LogP contribution in [-0.2, 0) is 0 Å². The van der Waals surface area contributed by atoms with Crippen molar-refractivity contribution >= 4 is 5.97 Å². The summed E-state index contributed by atoms with van der Waals surface area (Å²) in [6.45, 7) is 0. The lowest BCUT2D eigenvalue weighted by atomic mass is 10.0. The molecular formula is C14H13NO4. The Morgan fingerprint density at radius 1 is 1.16 bits per heavy atom. The molecule has 1 heterocycles. The van der Waals surface area contributed by atoms with E-state index in [9.17, 15) is 4.79 Å². The van der Waals surface area contributed by atoms with Crippen molar-refractivity contribution in [2.45, 2.75) is 0 Å². The maximum absolute atomic E-state index is 10.9. The number of carboxylic acids is 1. The van der Waals surface area contributed by atoms with Crippen LogP contribution in [0.2, 0.25) is 0 Å². The van der Waals surface area contributed by atoms with Crippen molar-refractivity contribution in [3.05, 3.63) is 42.2 Å². The fourth-order valence-electron chi connectivity index (χ4n) is 1.75. The van der Waals surface area contributed by atoms with E-state index in [-0.39, 0.29) is 5.69 Å². The van der Waals surface area contributed by atoms with Crippen LogP contribution in [0.1, 0.15) is 10.5 Å². The summed E-state index contributed by atoms with van der Waals surface area (Å²) in [5, 5.41) is 8.96. The van der Waals surface area contributed by atoms with E-state index >= 15 is 0 Å². The molecule has 0 bridgehead atoms. The molecule has 0 aliphatic carbocycles. The first-order chi connectivity index (χ1) is 9.15. The lowest BCUT2D eigenvalue weighted by molar-refractivity contribution is 0.0690. The van der Waals surface area contributed by atoms with Crippen LogP contribution in [0.5, 0.6) is 11.5 Å². The minimum absolute atomic E-state index is 0.0117. The van der Waals surface area contributed by atoms with Crippen molar-refractivity contribution in [3.63, 3.8) is 0 Å². The molecule has 0 spiro atoms. The number of carboxylic acid groups (broad SMARTS) is 1. The molecule has 0 aliphatic heterocycles. The monoisotopic (exact) mass is 259 g/mol. The summed E-state index contributed by atoms with van der Waals surface area (Å²) >= 11 is 0. The van der Waals surface area contributed by atoms with E-state index in [2.05, 4.69) is 4.98 Å². The number of methoxy groups -OCH3 is 2. The highest BCUT2D eigenvalue weighted by molar-refractivity contribution is 5.87. The molecule has 0 saturated heterocycles. The Labute approximate surface area is 110 Å². The molecule has 5 heteroatoms. The number of nitrogens with zero attached hydrogens (tertiary/aromatic N) is 1. The molecule has 2 rings (SSSR count). The summed E-state index contributed by atoms with van der Waals surface area (Å²) in [5.41, 5.74) is 1.46. The number of carbonyl (C=O) groups is 1. The van der Waals surface area contributed by atoms with Gasteiger partial charge in [-0.15, -0.1) is 0 Å². The number of benzene rings is 1. The second kappa shape index (κ2) is 5.39. The SMILES string of the molecule is COc1ccc(OC)c(-c2ccnc(C(=O)O)c2)c1. The molecule has 5 nitrogen and oxygen atoms in total. The summed E-state index contributed by atoms with van der Waals surface area (Å²) in [7, 11) is 3.13. The summed E-state index contributed by atoms with van der Waals surface area (Å²) in [6, 6.07) is 8.57. The summed E-state index contributed by atoms with van der Waals surface area (Å²) in [4.78, 5) is 14.7. The van der Waals surface area contributed by atoms with Gasteiger partial charge in [0, 0.05) is 11.8 Å². The third-order valence-electron chi connectivity index (χ3n) is 2.70. The smallest absolute Gasteiger partial charge is 0.354 e. The predicted octanol–water partition coefficient (Wildman–Crippen LogP) is 2.46. The Bertz CT molecular complexity index is 610. The number of aromatic carboxylic acids is 1. The topological polar surface area (TPSA) is 68.7 Å². The Hall–Kier alpha value is -2.56. The predicted molar refractivity (Wildman–Crippen MR) is 69.7 cm³/mol. The third kappa shape index (κ3) is 2.65. The number of hydrogen-bond donors (Lipinski definition) is 1. The largest absolute Gasteiger partial charge is 0.497 e. The van der Waals surface area contributed by atoms with Crippen molar-refractivity contribution in [2.24, 2.45) is 0 Å². The minimum atomic E-state index is -1.07. The Balaban J connectivity index is 2.56. The van der Waals surface area contributed by atoms with Crippen molar-refractivity contribution in [3.8, 4) is 22.6 Å². The zero-order chi connectivity index (χ0) is 13.8. The molecule has 0 amide bonds. The van der Waals surface area contributed by atoms with Crippen LogP contribution in [0.25, 0.3) is 11.1 Å². The Morgan fingerprint density at radius 2 is 1.95 bits per heavy atom. The molecule has 19 heavy (non-hydrogen) atoms. The van der Waals surface area contributed by atoms with Gasteiger partial charge in [0.05, 0.1) is 14.2 Å². The number of ether oxygens (including phenoxy) is 2. The molecule has 0 fully saturated rings. The average molecular weight is 259 g/mol. The zero-order valence-corrected chi connectivity index (χ0v) is 10.6. The molecule has 1 N–H and O–H groups in total. The number of pyridine rings is 1. The van der Waals surface area contributed by atoms with Gasteiger partial charge in [0.15, 0.2) is 0 Å². The lowest BCUT2D eigenvalue weighted by Gasteiger charge is -2.10. The van der Waals surface area contributed by atoms with E-state index in [0.29, 0.717) is 17.1 Å². The van der Waals surface area contributed by atoms with Gasteiger partial charge >= 0.3 is 5.97 Å². The van der Waals surface area contributed by atoms with E-state index in [1.165, 1.54) is 12.3 Å². The van der Waals surface area contributed by atoms with Gasteiger partial charge in [-0.2, -0.15) is 0 Å². The normalized spacial score (nSPS) is 10.0. The van der Waals surface area contributed by atoms with Crippen LogP contribution in [0.4, 0.5) is 0 Å². The summed E-state index contributed by atoms with van der Waals surface area (Å²) in [6.07, 6.45) is 1.46. The minimum Gasteiger partial charge on any atom is -0.497 e. The van der Waals surface area contributed by atoms with E-state index in [0.717, 1.165) is 5.56 Å². The highest BCUT2D eigenvalue weighted by atomic mass is 16.5. The fraction of sp³-hybridized carbons (Fsp3) is 0.143. The van der Waals surface area contributed by atoms with Gasteiger partial charge in [-0.1, -0.05) is 0 Å². The molecule has 0 saturated carbocycles. The first-order valence-electron chi connectivity index (χ1n) is 5.57. The van der Waals surface area contributed by atoms with E-state index in [4.69, 9.17) is 14.6 Å². The standard InChI is InChI=1S/C14H13NO4/c1-18-10-3-4-13(19-2)11(8-10)9-5-6-15-12(7-9)14(16)17/h3-8H,1-2H3,(H,16,17). The fourth-order valence-corrected chi connectivity index (χ4v) is 1.75. The molecule has 0 radical (unpaired) electrons. The Kier molecular flexibility index (Phi) is 3.66. The van der Waals surface area contributed by atoms with E-state index in [1.54, 1.807) is 38.5 Å². The van der Waals surface area contributed by atoms with Gasteiger partial charge in [0.25, 0.3) is 0 Å². The van der Waals surface area contributed by atoms with Crippen molar-refractivity contribution in [1.29, 1.82) is 0 Å². The molecule has 0 unspecified atom stereocenters. The maximum Gasteiger partial charge on any atom is 0.354 e. The van der Waals surface area contributed by atoms with E-state index < -0.39 is 5.97 Å². The third-order valence-corrected chi connectivity index (χ3v) is 2.70. The molecule has 0 aliphatic rings. The quantitative estimate of drug-likeness (QED) is 0.913. The van der Waals surface area contributed by atoms with Crippen LogP contribution < -0.4 is 9.47 Å². The molecule has 1 aromatic heterocycles. The van der Waals surface area contributed by atoms with Crippen molar-refractivity contribution in [1.82, 2.24) is 4.98 Å². The first-order valence-corrected chi connectivity index (χ1v) is 5.57. The van der Waals surface area contributed by atoms with Crippen LogP contribution >= 0.6 is 0 Å². The molecule has 2 aromatic rings. The van der Waals surface area contributed by atoms with Crippen molar-refractivity contribution < 1.29 is 19.4 Å². The van der Waals surface area contributed by atoms with Gasteiger partial charge in [0.2, 0.25) is 0 Å². The van der Waals surface area contributed by atoms with Crippen LogP contribution in [0, 0.1) is 0 Å². The van der Waals surface area contributed by atoms with E-state index in [1.807, 2.05) is 0 Å². The molecule has 98 valence electrons. The number of hydrogen-bond acceptors (Lipinski definition) is 4. The molecular weight excluding hydrogens is 246 g/mol. The van der Waals surface area contributed by atoms with Gasteiger partial charge < -0.3 is 14.6 Å². The second-order valence-electron chi connectivity index (χ2n) is 3.80. The molecule has 1 aromatic carbocycles. The van der Waals surface area contributed by atoms with Gasteiger partial charge in [-0.3, -0.25) is 0 Å². The lowest BCUT2D eigenvalue weighted by Crippen LogP contribution is -2.00. The van der Waals surface area contributed by atoms with Crippen LogP contribution in [0.3, 0.4) is 0 Å². The highest BCUT2D eigenvalue weighted by Crippen LogP contribution is 2.33. The Morgan fingerprint density at radius 3 is 2.58 bits per heavy atom. The summed E-state index contributed by atoms with van der Waals surface area (Å²) in [5.74, 6) is 0.247. The second-order valence-corrected chi connectivity index (χ2v) is 3.80. The zero-order valence-electron chi connectivity index (χ0n) is 10.6. The first kappa shape index (κ1) is 12.9. The highest BCUT2D eigenvalue weighted by Gasteiger charge is 2.11. The average Bonchev–Trinajstić information content (AvgIpc) is 2.46. The van der Waals surface area contributed by atoms with Gasteiger partial charge in [-0.25, -0.2) is 9.78 Å². The van der Waals surface area contributed by atoms with Crippen LogP contribution in [-0.4, -0.2) is 30.3 Å². The maximum atomic E-state index is 10.9. The molecule has 0 atom stereocenters. The van der Waals surface area contributed by atoms with Gasteiger partial charge in [-0.05, 0) is 35.9 Å². The van der Waals surface area contributed by atoms with Crippen LogP contribution in [0.15, 0.2) is 36.5 Å². The summed E-state index contributed by atoms with van der Waals surface area (Å²) < 4.78 is 10.4. The van der Waals surface area contributed by atoms with Crippen molar-refractivity contribution in [2.75, 3.05) is 14.2 Å². The van der Waals surface area contributed by atoms with Gasteiger partial charge in [0.1, 0.15) is 17.2 Å². The number of aromatic nitrogens is 1.